The lowest BCUT2D eigenvalue weighted by Crippen LogP contribution is -2.50. The molecule has 0 saturated heterocycles. The molecular weight excluding hydrogens is 260 g/mol. The van der Waals surface area contributed by atoms with Crippen molar-refractivity contribution >= 4 is 17.7 Å². The van der Waals surface area contributed by atoms with Crippen LogP contribution >= 0.6 is 0 Å². The zero-order valence-corrected chi connectivity index (χ0v) is 11.7. The number of carbonyl (C=O) groups excluding carboxylic acids is 2. The minimum absolute atomic E-state index is 0.422. The maximum Gasteiger partial charge on any atom is 0.405 e. The molecule has 6 nitrogen and oxygen atoms in total. The molecule has 2 amide bonds. The van der Waals surface area contributed by atoms with Gasteiger partial charge in [0, 0.05) is 5.41 Å². The molecule has 3 N–H and O–H groups in total. The third-order valence-electron chi connectivity index (χ3n) is 3.03. The fourth-order valence-corrected chi connectivity index (χ4v) is 2.08. The Balaban J connectivity index is 2.43. The highest BCUT2D eigenvalue weighted by atomic mass is 16.6. The first kappa shape index (κ1) is 14.2. The van der Waals surface area contributed by atoms with Crippen LogP contribution in [0.4, 0.5) is 10.5 Å². The normalized spacial score (nSPS) is 22.1. The van der Waals surface area contributed by atoms with Crippen LogP contribution in [0.1, 0.15) is 20.8 Å². The molecule has 0 bridgehead atoms. The molecule has 0 saturated carbocycles. The number of primary amides is 1. The first-order valence-electron chi connectivity index (χ1n) is 6.31. The van der Waals surface area contributed by atoms with Crippen molar-refractivity contribution < 1.29 is 19.1 Å². The lowest BCUT2D eigenvalue weighted by molar-refractivity contribution is -0.132. The largest absolute Gasteiger partial charge is 0.483 e. The zero-order chi connectivity index (χ0) is 14.9. The van der Waals surface area contributed by atoms with Crippen molar-refractivity contribution in [2.24, 2.45) is 11.1 Å². The van der Waals surface area contributed by atoms with Gasteiger partial charge in [-0.2, -0.15) is 0 Å². The zero-order valence-electron chi connectivity index (χ0n) is 11.7. The predicted octanol–water partition coefficient (Wildman–Crippen LogP) is 1.90. The van der Waals surface area contributed by atoms with E-state index in [0.717, 1.165) is 0 Å². The molecule has 1 unspecified atom stereocenters. The van der Waals surface area contributed by atoms with E-state index in [1.807, 2.05) is 20.8 Å². The summed E-state index contributed by atoms with van der Waals surface area (Å²) < 4.78 is 10.8. The molecule has 20 heavy (non-hydrogen) atoms. The number of fused-ring (bicyclic) bond motifs is 1. The number of para-hydroxylation sites is 2. The quantitative estimate of drug-likeness (QED) is 0.820. The average Bonchev–Trinajstić information content (AvgIpc) is 2.46. The summed E-state index contributed by atoms with van der Waals surface area (Å²) in [6.45, 7) is 5.70. The van der Waals surface area contributed by atoms with Gasteiger partial charge in [-0.05, 0) is 12.1 Å². The van der Waals surface area contributed by atoms with Gasteiger partial charge in [-0.15, -0.1) is 0 Å². The molecule has 2 atom stereocenters. The number of anilines is 1. The second kappa shape index (κ2) is 5.03. The Bertz CT molecular complexity index is 536. The van der Waals surface area contributed by atoms with Crippen LogP contribution in [0, 0.1) is 5.41 Å². The molecule has 1 aliphatic rings. The monoisotopic (exact) mass is 278 g/mol. The van der Waals surface area contributed by atoms with Crippen LogP contribution in [-0.4, -0.2) is 24.2 Å². The van der Waals surface area contributed by atoms with Gasteiger partial charge in [0.1, 0.15) is 11.9 Å². The smallest absolute Gasteiger partial charge is 0.405 e. The van der Waals surface area contributed by atoms with E-state index in [9.17, 15) is 9.59 Å². The second-order valence-corrected chi connectivity index (χ2v) is 5.75. The minimum atomic E-state index is -1.10. The highest BCUT2D eigenvalue weighted by molar-refractivity contribution is 5.97. The van der Waals surface area contributed by atoms with Crippen LogP contribution < -0.4 is 15.8 Å². The van der Waals surface area contributed by atoms with E-state index < -0.39 is 29.6 Å². The molecular formula is C14H18N2O4. The van der Waals surface area contributed by atoms with Gasteiger partial charge in [-0.1, -0.05) is 32.9 Å². The Morgan fingerprint density at radius 1 is 1.35 bits per heavy atom. The summed E-state index contributed by atoms with van der Waals surface area (Å²) in [5, 5.41) is 2.68. The highest BCUT2D eigenvalue weighted by Crippen LogP contribution is 2.35. The van der Waals surface area contributed by atoms with E-state index in [4.69, 9.17) is 15.2 Å². The summed E-state index contributed by atoms with van der Waals surface area (Å²) in [5.74, 6) is 0.0880. The van der Waals surface area contributed by atoms with Crippen molar-refractivity contribution in [2.75, 3.05) is 5.32 Å². The molecule has 1 aromatic carbocycles. The summed E-state index contributed by atoms with van der Waals surface area (Å²) in [4.78, 5) is 23.3. The molecule has 1 aliphatic heterocycles. The predicted molar refractivity (Wildman–Crippen MR) is 73.4 cm³/mol. The number of hydrogen-bond donors (Lipinski definition) is 2. The van der Waals surface area contributed by atoms with Gasteiger partial charge in [0.25, 0.3) is 5.91 Å². The Labute approximate surface area is 117 Å². The number of nitrogens with one attached hydrogen (secondary N) is 1. The summed E-state index contributed by atoms with van der Waals surface area (Å²) in [7, 11) is 0. The van der Waals surface area contributed by atoms with Gasteiger partial charge in [-0.25, -0.2) is 4.79 Å². The number of benzene rings is 1. The Hall–Kier alpha value is -2.24. The Morgan fingerprint density at radius 2 is 2.00 bits per heavy atom. The molecule has 1 aromatic rings. The Kier molecular flexibility index (Phi) is 3.57. The van der Waals surface area contributed by atoms with E-state index >= 15 is 0 Å². The van der Waals surface area contributed by atoms with E-state index in [2.05, 4.69) is 5.32 Å². The van der Waals surface area contributed by atoms with E-state index in [1.165, 1.54) is 0 Å². The van der Waals surface area contributed by atoms with Crippen molar-refractivity contribution in [2.45, 2.75) is 33.0 Å². The molecule has 6 heteroatoms. The maximum atomic E-state index is 12.2. The summed E-state index contributed by atoms with van der Waals surface area (Å²) >= 11 is 0. The van der Waals surface area contributed by atoms with Crippen LogP contribution in [0.15, 0.2) is 24.3 Å². The molecule has 0 fully saturated rings. The number of carbonyl (C=O) groups is 2. The number of hydrogen-bond acceptors (Lipinski definition) is 4. The van der Waals surface area contributed by atoms with Crippen molar-refractivity contribution in [1.82, 2.24) is 0 Å². The number of amides is 2. The van der Waals surface area contributed by atoms with Crippen molar-refractivity contribution in [3.8, 4) is 5.75 Å². The lowest BCUT2D eigenvalue weighted by atomic mass is 9.85. The third kappa shape index (κ3) is 2.84. The van der Waals surface area contributed by atoms with Crippen molar-refractivity contribution in [3.63, 3.8) is 0 Å². The molecule has 1 heterocycles. The van der Waals surface area contributed by atoms with Gasteiger partial charge < -0.3 is 20.5 Å². The molecule has 0 radical (unpaired) electrons. The molecule has 0 aromatic heterocycles. The molecule has 0 spiro atoms. The fourth-order valence-electron chi connectivity index (χ4n) is 2.08. The van der Waals surface area contributed by atoms with Crippen LogP contribution in [0.3, 0.4) is 0 Å². The van der Waals surface area contributed by atoms with Gasteiger partial charge in [-0.3, -0.25) is 4.79 Å². The van der Waals surface area contributed by atoms with Gasteiger partial charge in [0.2, 0.25) is 6.10 Å². The summed E-state index contributed by atoms with van der Waals surface area (Å²) in [6.07, 6.45) is -2.74. The fraction of sp³-hybridized carbons (Fsp3) is 0.429. The van der Waals surface area contributed by atoms with Crippen LogP contribution in [-0.2, 0) is 9.53 Å². The topological polar surface area (TPSA) is 90.7 Å². The third-order valence-corrected chi connectivity index (χ3v) is 3.03. The van der Waals surface area contributed by atoms with Crippen molar-refractivity contribution in [3.05, 3.63) is 24.3 Å². The first-order chi connectivity index (χ1) is 9.29. The van der Waals surface area contributed by atoms with E-state index in [0.29, 0.717) is 11.4 Å². The van der Waals surface area contributed by atoms with E-state index in [-0.39, 0.29) is 0 Å². The Morgan fingerprint density at radius 3 is 2.60 bits per heavy atom. The molecule has 108 valence electrons. The number of ether oxygens (including phenoxy) is 2. The van der Waals surface area contributed by atoms with Gasteiger partial charge in [0.15, 0.2) is 0 Å². The standard InChI is InChI=1S/C14H18N2O4/c1-14(2,3)11-10(20-13(15)18)12(17)16-8-6-4-5-7-9(8)19-11/h4-7,10-11H,1-3H3,(H2,15,18)(H,16,17)/t10?,11-/m1/s1. The maximum absolute atomic E-state index is 12.2. The van der Waals surface area contributed by atoms with Gasteiger partial charge in [0.05, 0.1) is 5.69 Å². The number of rotatable bonds is 1. The SMILES string of the molecule is CC(C)(C)[C@@H]1Oc2ccccc2NC(=O)C1OC(N)=O. The minimum Gasteiger partial charge on any atom is -0.483 e. The van der Waals surface area contributed by atoms with Crippen LogP contribution in [0.2, 0.25) is 0 Å². The van der Waals surface area contributed by atoms with Crippen molar-refractivity contribution in [1.29, 1.82) is 0 Å². The van der Waals surface area contributed by atoms with Crippen LogP contribution in [0.5, 0.6) is 5.75 Å². The lowest BCUT2D eigenvalue weighted by Gasteiger charge is -2.33. The van der Waals surface area contributed by atoms with E-state index in [1.54, 1.807) is 24.3 Å². The molecule has 0 aliphatic carbocycles. The summed E-state index contributed by atoms with van der Waals surface area (Å²) in [5.41, 5.74) is 5.17. The molecule has 2 rings (SSSR count). The highest BCUT2D eigenvalue weighted by Gasteiger charge is 2.43. The van der Waals surface area contributed by atoms with Gasteiger partial charge >= 0.3 is 6.09 Å². The van der Waals surface area contributed by atoms with Crippen LogP contribution in [0.25, 0.3) is 0 Å². The number of nitrogens with two attached hydrogens (primary N) is 1. The summed E-state index contributed by atoms with van der Waals surface area (Å²) in [6, 6.07) is 7.06. The second-order valence-electron chi connectivity index (χ2n) is 5.75. The first-order valence-corrected chi connectivity index (χ1v) is 6.31. The average molecular weight is 278 g/mol.